The molecule has 1 aromatic carbocycles. The molecule has 0 unspecified atom stereocenters. The van der Waals surface area contributed by atoms with Gasteiger partial charge in [-0.2, -0.15) is 0 Å². The second kappa shape index (κ2) is 4.39. The Morgan fingerprint density at radius 2 is 1.47 bits per heavy atom. The van der Waals surface area contributed by atoms with Crippen molar-refractivity contribution < 1.29 is 14.3 Å². The molecule has 0 fully saturated rings. The third kappa shape index (κ3) is 1.90. The number of hydrogen-bond donors (Lipinski definition) is 0. The lowest BCUT2D eigenvalue weighted by atomic mass is 10.3. The van der Waals surface area contributed by atoms with Crippen LogP contribution in [-0.4, -0.2) is 18.9 Å². The molecule has 0 spiro atoms. The number of methoxy groups -OCH3 is 1. The van der Waals surface area contributed by atoms with Crippen molar-refractivity contribution in [3.8, 4) is 5.75 Å². The highest BCUT2D eigenvalue weighted by molar-refractivity contribution is 6.62. The van der Waals surface area contributed by atoms with Crippen LogP contribution in [0.15, 0.2) is 34.3 Å². The normalized spacial score (nSPS) is 15.8. The first kappa shape index (κ1) is 12.0. The summed E-state index contributed by atoms with van der Waals surface area (Å²) in [6, 6.07) is 6.43. The number of nitrogens with zero attached hydrogens (tertiary/aromatic N) is 1. The molecule has 88 valence electrons. The molecule has 1 heterocycles. The van der Waals surface area contributed by atoms with Crippen molar-refractivity contribution in [2.75, 3.05) is 12.0 Å². The number of ether oxygens (including phenoxy) is 1. The number of anilines is 1. The smallest absolute Gasteiger partial charge is 0.278 e. The number of carbonyl (C=O) groups excluding carboxylic acids is 2. The number of benzene rings is 1. The molecule has 0 saturated carbocycles. The van der Waals surface area contributed by atoms with Gasteiger partial charge in [-0.1, -0.05) is 23.2 Å². The van der Waals surface area contributed by atoms with Crippen LogP contribution in [0.4, 0.5) is 5.69 Å². The van der Waals surface area contributed by atoms with Crippen molar-refractivity contribution in [2.45, 2.75) is 0 Å². The van der Waals surface area contributed by atoms with Gasteiger partial charge < -0.3 is 4.74 Å². The maximum Gasteiger partial charge on any atom is 0.278 e. The van der Waals surface area contributed by atoms with Gasteiger partial charge in [0.05, 0.1) is 12.8 Å². The summed E-state index contributed by atoms with van der Waals surface area (Å²) in [6.07, 6.45) is 0. The zero-order valence-corrected chi connectivity index (χ0v) is 10.2. The zero-order chi connectivity index (χ0) is 12.6. The monoisotopic (exact) mass is 271 g/mol. The minimum Gasteiger partial charge on any atom is -0.497 e. The van der Waals surface area contributed by atoms with Gasteiger partial charge in [0, 0.05) is 0 Å². The lowest BCUT2D eigenvalue weighted by molar-refractivity contribution is -0.120. The van der Waals surface area contributed by atoms with Gasteiger partial charge in [0.1, 0.15) is 15.8 Å². The summed E-state index contributed by atoms with van der Waals surface area (Å²) in [5.74, 6) is -0.614. The summed E-state index contributed by atoms with van der Waals surface area (Å²) < 4.78 is 4.98. The quantitative estimate of drug-likeness (QED) is 0.776. The molecule has 2 amide bonds. The molecule has 6 heteroatoms. The molecule has 0 radical (unpaired) electrons. The lowest BCUT2D eigenvalue weighted by Crippen LogP contribution is -2.30. The van der Waals surface area contributed by atoms with Gasteiger partial charge in [0.2, 0.25) is 0 Å². The van der Waals surface area contributed by atoms with E-state index in [1.807, 2.05) is 0 Å². The van der Waals surface area contributed by atoms with E-state index >= 15 is 0 Å². The van der Waals surface area contributed by atoms with E-state index in [2.05, 4.69) is 0 Å². The molecular weight excluding hydrogens is 265 g/mol. The van der Waals surface area contributed by atoms with Crippen molar-refractivity contribution in [1.82, 2.24) is 0 Å². The first-order valence-corrected chi connectivity index (χ1v) is 5.40. The molecule has 0 aromatic heterocycles. The van der Waals surface area contributed by atoms with Crippen LogP contribution < -0.4 is 9.64 Å². The number of hydrogen-bond acceptors (Lipinski definition) is 3. The minimum absolute atomic E-state index is 0.257. The molecule has 0 saturated heterocycles. The molecule has 0 N–H and O–H groups in total. The van der Waals surface area contributed by atoms with Crippen molar-refractivity contribution in [2.24, 2.45) is 0 Å². The third-order valence-corrected chi connectivity index (χ3v) is 3.10. The fourth-order valence-corrected chi connectivity index (χ4v) is 1.77. The number of carbonyl (C=O) groups is 2. The Kier molecular flexibility index (Phi) is 3.09. The van der Waals surface area contributed by atoms with E-state index in [4.69, 9.17) is 27.9 Å². The Labute approximate surface area is 107 Å². The summed E-state index contributed by atoms with van der Waals surface area (Å²) in [5, 5.41) is -0.514. The van der Waals surface area contributed by atoms with Crippen LogP contribution in [-0.2, 0) is 9.59 Å². The summed E-state index contributed by atoms with van der Waals surface area (Å²) in [7, 11) is 1.52. The van der Waals surface area contributed by atoms with Crippen molar-refractivity contribution in [1.29, 1.82) is 0 Å². The van der Waals surface area contributed by atoms with Crippen LogP contribution >= 0.6 is 23.2 Å². The second-order valence-electron chi connectivity index (χ2n) is 3.27. The minimum atomic E-state index is -0.619. The zero-order valence-electron chi connectivity index (χ0n) is 8.74. The Balaban J connectivity index is 2.36. The van der Waals surface area contributed by atoms with Gasteiger partial charge in [0.15, 0.2) is 0 Å². The van der Waals surface area contributed by atoms with Crippen LogP contribution in [0.3, 0.4) is 0 Å². The highest BCUT2D eigenvalue weighted by atomic mass is 35.5. The SMILES string of the molecule is COc1ccc(N2C(=O)C(Cl)=C(Cl)C2=O)cc1. The van der Waals surface area contributed by atoms with Crippen LogP contribution in [0.5, 0.6) is 5.75 Å². The highest BCUT2D eigenvalue weighted by Gasteiger charge is 2.37. The van der Waals surface area contributed by atoms with Crippen LogP contribution in [0.1, 0.15) is 0 Å². The first-order valence-electron chi connectivity index (χ1n) is 4.64. The van der Waals surface area contributed by atoms with E-state index in [0.717, 1.165) is 4.90 Å². The molecule has 0 aliphatic carbocycles. The summed E-state index contributed by atoms with van der Waals surface area (Å²) >= 11 is 11.2. The molecule has 4 nitrogen and oxygen atoms in total. The Bertz CT molecular complexity index is 498. The number of imide groups is 1. The Morgan fingerprint density at radius 3 is 1.88 bits per heavy atom. The van der Waals surface area contributed by atoms with Gasteiger partial charge in [-0.3, -0.25) is 9.59 Å². The fraction of sp³-hybridized carbons (Fsp3) is 0.0909. The van der Waals surface area contributed by atoms with E-state index < -0.39 is 11.8 Å². The van der Waals surface area contributed by atoms with E-state index in [1.54, 1.807) is 24.3 Å². The fourth-order valence-electron chi connectivity index (χ4n) is 1.44. The van der Waals surface area contributed by atoms with Crippen molar-refractivity contribution >= 4 is 40.7 Å². The predicted octanol–water partition coefficient (Wildman–Crippen LogP) is 2.26. The maximum absolute atomic E-state index is 11.7. The topological polar surface area (TPSA) is 46.6 Å². The number of halogens is 2. The number of amides is 2. The predicted molar refractivity (Wildman–Crippen MR) is 64.2 cm³/mol. The summed E-state index contributed by atoms with van der Waals surface area (Å²) in [6.45, 7) is 0. The summed E-state index contributed by atoms with van der Waals surface area (Å²) in [4.78, 5) is 24.3. The van der Waals surface area contributed by atoms with Crippen molar-refractivity contribution in [3.63, 3.8) is 0 Å². The third-order valence-electron chi connectivity index (χ3n) is 2.31. The average molecular weight is 272 g/mol. The summed E-state index contributed by atoms with van der Waals surface area (Å²) in [5.41, 5.74) is 0.398. The first-order chi connectivity index (χ1) is 8.06. The average Bonchev–Trinajstić information content (AvgIpc) is 2.54. The Hall–Kier alpha value is -1.52. The van der Waals surface area contributed by atoms with Crippen LogP contribution in [0.25, 0.3) is 0 Å². The molecule has 1 aliphatic heterocycles. The largest absolute Gasteiger partial charge is 0.497 e. The standard InChI is InChI=1S/C11H7Cl2NO3/c1-17-7-4-2-6(3-5-7)14-10(15)8(12)9(13)11(14)16/h2-5H,1H3. The van der Waals surface area contributed by atoms with E-state index in [1.165, 1.54) is 7.11 Å². The molecule has 1 aromatic rings. The van der Waals surface area contributed by atoms with Gasteiger partial charge in [-0.05, 0) is 24.3 Å². The molecule has 0 atom stereocenters. The van der Waals surface area contributed by atoms with Crippen LogP contribution in [0, 0.1) is 0 Å². The van der Waals surface area contributed by atoms with E-state index in [9.17, 15) is 9.59 Å². The van der Waals surface area contributed by atoms with E-state index in [-0.39, 0.29) is 10.1 Å². The molecule has 17 heavy (non-hydrogen) atoms. The van der Waals surface area contributed by atoms with Gasteiger partial charge in [0.25, 0.3) is 11.8 Å². The van der Waals surface area contributed by atoms with Crippen molar-refractivity contribution in [3.05, 3.63) is 34.3 Å². The number of rotatable bonds is 2. The van der Waals surface area contributed by atoms with Gasteiger partial charge in [-0.15, -0.1) is 0 Å². The second-order valence-corrected chi connectivity index (χ2v) is 4.03. The van der Waals surface area contributed by atoms with Crippen LogP contribution in [0.2, 0.25) is 0 Å². The maximum atomic E-state index is 11.7. The Morgan fingerprint density at radius 1 is 1.00 bits per heavy atom. The highest BCUT2D eigenvalue weighted by Crippen LogP contribution is 2.31. The molecular formula is C11H7Cl2NO3. The van der Waals surface area contributed by atoms with Gasteiger partial charge >= 0.3 is 0 Å². The molecule has 2 rings (SSSR count). The van der Waals surface area contributed by atoms with E-state index in [0.29, 0.717) is 11.4 Å². The van der Waals surface area contributed by atoms with Gasteiger partial charge in [-0.25, -0.2) is 4.90 Å². The molecule has 0 bridgehead atoms. The molecule has 1 aliphatic rings. The lowest BCUT2D eigenvalue weighted by Gasteiger charge is -2.14.